The maximum absolute atomic E-state index is 12.4. The highest BCUT2D eigenvalue weighted by atomic mass is 35.5. The molecule has 0 saturated heterocycles. The van der Waals surface area contributed by atoms with E-state index in [-0.39, 0.29) is 17.9 Å². The van der Waals surface area contributed by atoms with E-state index >= 15 is 0 Å². The number of aromatic carboxylic acids is 1. The molecule has 0 saturated carbocycles. The summed E-state index contributed by atoms with van der Waals surface area (Å²) >= 11 is 12.5. The summed E-state index contributed by atoms with van der Waals surface area (Å²) in [4.78, 5) is 16.0. The molecule has 5 rings (SSSR count). The maximum atomic E-state index is 12.4. The van der Waals surface area contributed by atoms with Crippen molar-refractivity contribution < 1.29 is 32.5 Å². The third-order valence-electron chi connectivity index (χ3n) is 6.26. The summed E-state index contributed by atoms with van der Waals surface area (Å²) in [7, 11) is 0. The molecular weight excluding hydrogens is 592 g/mol. The summed E-state index contributed by atoms with van der Waals surface area (Å²) in [6.45, 7) is 0.519. The van der Waals surface area contributed by atoms with Crippen molar-refractivity contribution >= 4 is 29.2 Å². The van der Waals surface area contributed by atoms with Gasteiger partial charge in [-0.1, -0.05) is 59.6 Å². The Morgan fingerprint density at radius 2 is 1.48 bits per heavy atom. The number of carbonyl (C=O) groups is 1. The molecule has 0 aliphatic heterocycles. The van der Waals surface area contributed by atoms with Gasteiger partial charge in [-0.15, -0.1) is 13.2 Å². The van der Waals surface area contributed by atoms with Crippen LogP contribution in [0.25, 0.3) is 22.4 Å². The lowest BCUT2D eigenvalue weighted by Crippen LogP contribution is -2.16. The molecule has 214 valence electrons. The zero-order chi connectivity index (χ0) is 29.9. The molecule has 0 spiro atoms. The number of nitrogens with zero attached hydrogens (tertiary/aromatic N) is 2. The molecular formula is C31H21Cl2F3N2O4. The van der Waals surface area contributed by atoms with Gasteiger partial charge in [0.05, 0.1) is 16.3 Å². The smallest absolute Gasteiger partial charge is 0.486 e. The van der Waals surface area contributed by atoms with Crippen molar-refractivity contribution in [2.75, 3.05) is 0 Å². The molecule has 0 unspecified atom stereocenters. The first-order valence-corrected chi connectivity index (χ1v) is 13.2. The van der Waals surface area contributed by atoms with Crippen LogP contribution in [0.5, 0.6) is 11.5 Å². The molecule has 1 heterocycles. The van der Waals surface area contributed by atoms with E-state index in [0.29, 0.717) is 45.0 Å². The van der Waals surface area contributed by atoms with Gasteiger partial charge in [0.2, 0.25) is 0 Å². The average Bonchev–Trinajstić information content (AvgIpc) is 3.34. The first-order chi connectivity index (χ1) is 20.0. The van der Waals surface area contributed by atoms with Gasteiger partial charge in [0.1, 0.15) is 23.9 Å². The van der Waals surface area contributed by atoms with Gasteiger partial charge in [-0.3, -0.25) is 0 Å². The number of alkyl halides is 3. The van der Waals surface area contributed by atoms with E-state index in [1.165, 1.54) is 12.1 Å². The Balaban J connectivity index is 1.34. The molecule has 1 aromatic heterocycles. The fourth-order valence-electron chi connectivity index (χ4n) is 4.22. The van der Waals surface area contributed by atoms with Gasteiger partial charge in [0, 0.05) is 23.3 Å². The van der Waals surface area contributed by atoms with Crippen LogP contribution in [-0.4, -0.2) is 27.0 Å². The summed E-state index contributed by atoms with van der Waals surface area (Å²) in [5.41, 5.74) is 3.86. The summed E-state index contributed by atoms with van der Waals surface area (Å²) in [6, 6.07) is 24.4. The van der Waals surface area contributed by atoms with Gasteiger partial charge in [-0.05, 0) is 71.3 Å². The molecule has 0 bridgehead atoms. The predicted molar refractivity (Wildman–Crippen MR) is 153 cm³/mol. The number of hydrogen-bond donors (Lipinski definition) is 1. The minimum atomic E-state index is -4.75. The lowest BCUT2D eigenvalue weighted by Gasteiger charge is -2.11. The van der Waals surface area contributed by atoms with E-state index in [9.17, 15) is 23.1 Å². The lowest BCUT2D eigenvalue weighted by molar-refractivity contribution is -0.274. The topological polar surface area (TPSA) is 73.6 Å². The number of rotatable bonds is 9. The molecule has 4 aromatic carbocycles. The highest BCUT2D eigenvalue weighted by Crippen LogP contribution is 2.31. The molecule has 0 aliphatic carbocycles. The number of imidazole rings is 1. The van der Waals surface area contributed by atoms with Gasteiger partial charge in [0.15, 0.2) is 0 Å². The van der Waals surface area contributed by atoms with Crippen LogP contribution in [0.15, 0.2) is 97.2 Å². The zero-order valence-electron chi connectivity index (χ0n) is 21.6. The van der Waals surface area contributed by atoms with Crippen molar-refractivity contribution in [1.29, 1.82) is 0 Å². The average molecular weight is 613 g/mol. The second-order valence-electron chi connectivity index (χ2n) is 9.18. The quantitative estimate of drug-likeness (QED) is 0.180. The van der Waals surface area contributed by atoms with E-state index in [1.807, 2.05) is 10.8 Å². The number of hydrogen-bond acceptors (Lipinski definition) is 4. The fourth-order valence-corrected chi connectivity index (χ4v) is 4.73. The predicted octanol–water partition coefficient (Wildman–Crippen LogP) is 8.75. The van der Waals surface area contributed by atoms with Crippen LogP contribution in [0.2, 0.25) is 10.0 Å². The van der Waals surface area contributed by atoms with Crippen LogP contribution in [-0.2, 0) is 13.2 Å². The van der Waals surface area contributed by atoms with Gasteiger partial charge < -0.3 is 19.1 Å². The third kappa shape index (κ3) is 7.23. The van der Waals surface area contributed by atoms with Gasteiger partial charge in [0.25, 0.3) is 0 Å². The Morgan fingerprint density at radius 1 is 0.857 bits per heavy atom. The summed E-state index contributed by atoms with van der Waals surface area (Å²) < 4.78 is 49.1. The minimum Gasteiger partial charge on any atom is -0.486 e. The van der Waals surface area contributed by atoms with Crippen LogP contribution in [0.3, 0.4) is 0 Å². The minimum absolute atomic E-state index is 0.112. The summed E-state index contributed by atoms with van der Waals surface area (Å²) in [5, 5.41) is 10.1. The van der Waals surface area contributed by atoms with E-state index < -0.39 is 12.3 Å². The molecule has 5 aromatic rings. The molecule has 0 radical (unpaired) electrons. The SMILES string of the molecule is O=C(O)c1ccc(Cn2cc(-c3ccc(Cl)cc3Cl)nc2COc2ccc(-c3ccc(OC(F)(F)F)cc3)cc2)cc1. The highest BCUT2D eigenvalue weighted by Gasteiger charge is 2.31. The molecule has 0 aliphatic rings. The van der Waals surface area contributed by atoms with Crippen molar-refractivity contribution in [3.8, 4) is 33.9 Å². The van der Waals surface area contributed by atoms with Crippen molar-refractivity contribution in [2.24, 2.45) is 0 Å². The van der Waals surface area contributed by atoms with E-state index in [4.69, 9.17) is 32.9 Å². The Bertz CT molecular complexity index is 1700. The van der Waals surface area contributed by atoms with Crippen LogP contribution < -0.4 is 9.47 Å². The Hall–Kier alpha value is -4.47. The van der Waals surface area contributed by atoms with Crippen LogP contribution >= 0.6 is 23.2 Å². The number of ether oxygens (including phenoxy) is 2. The fraction of sp³-hybridized carbons (Fsp3) is 0.0968. The van der Waals surface area contributed by atoms with E-state index in [2.05, 4.69) is 4.74 Å². The monoisotopic (exact) mass is 612 g/mol. The normalized spacial score (nSPS) is 11.4. The number of carboxylic acids is 1. The van der Waals surface area contributed by atoms with Crippen LogP contribution in [0, 0.1) is 0 Å². The number of halogens is 5. The maximum Gasteiger partial charge on any atom is 0.573 e. The van der Waals surface area contributed by atoms with Crippen LogP contribution in [0.1, 0.15) is 21.7 Å². The second kappa shape index (κ2) is 12.2. The highest BCUT2D eigenvalue weighted by molar-refractivity contribution is 6.36. The second-order valence-corrected chi connectivity index (χ2v) is 10.0. The van der Waals surface area contributed by atoms with Gasteiger partial charge in [-0.2, -0.15) is 0 Å². The summed E-state index contributed by atoms with van der Waals surface area (Å²) in [6.07, 6.45) is -2.91. The number of benzene rings is 4. The largest absolute Gasteiger partial charge is 0.573 e. The van der Waals surface area contributed by atoms with Crippen molar-refractivity contribution in [3.63, 3.8) is 0 Å². The van der Waals surface area contributed by atoms with E-state index in [0.717, 1.165) is 11.1 Å². The molecule has 0 atom stereocenters. The molecule has 42 heavy (non-hydrogen) atoms. The Labute approximate surface area is 248 Å². The van der Waals surface area contributed by atoms with Gasteiger partial charge >= 0.3 is 12.3 Å². The molecule has 1 N–H and O–H groups in total. The lowest BCUT2D eigenvalue weighted by atomic mass is 10.1. The molecule has 0 amide bonds. The van der Waals surface area contributed by atoms with Crippen molar-refractivity contribution in [1.82, 2.24) is 9.55 Å². The third-order valence-corrected chi connectivity index (χ3v) is 6.81. The number of carboxylic acid groups (broad SMARTS) is 1. The Kier molecular flexibility index (Phi) is 8.42. The van der Waals surface area contributed by atoms with Crippen molar-refractivity contribution in [2.45, 2.75) is 19.5 Å². The molecule has 6 nitrogen and oxygen atoms in total. The van der Waals surface area contributed by atoms with E-state index in [1.54, 1.807) is 78.9 Å². The first-order valence-electron chi connectivity index (χ1n) is 12.5. The molecule has 11 heteroatoms. The summed E-state index contributed by atoms with van der Waals surface area (Å²) in [5.74, 6) is -0.139. The standard InChI is InChI=1S/C31H21Cl2F3N2O4/c32-23-9-14-26(27(33)15-23)28-17-38(16-19-1-3-22(4-2-19)30(39)40)29(37-28)18-41-24-10-5-20(6-11-24)21-7-12-25(13-8-21)42-31(34,35)36/h1-15,17H,16,18H2,(H,39,40). The van der Waals surface area contributed by atoms with Crippen molar-refractivity contribution in [3.05, 3.63) is 124 Å². The number of aromatic nitrogens is 2. The van der Waals surface area contributed by atoms with Gasteiger partial charge in [-0.25, -0.2) is 9.78 Å². The zero-order valence-corrected chi connectivity index (χ0v) is 23.1. The Morgan fingerprint density at radius 3 is 2.05 bits per heavy atom. The van der Waals surface area contributed by atoms with Crippen LogP contribution in [0.4, 0.5) is 13.2 Å². The molecule has 0 fully saturated rings. The first kappa shape index (κ1) is 29.0.